The first-order chi connectivity index (χ1) is 14.3. The first-order valence-electron chi connectivity index (χ1n) is 10.6. The van der Waals surface area contributed by atoms with E-state index in [1.807, 2.05) is 32.0 Å². The fraction of sp³-hybridized carbons (Fsp3) is 0.400. The average Bonchev–Trinajstić information content (AvgIpc) is 2.98. The van der Waals surface area contributed by atoms with E-state index in [9.17, 15) is 14.4 Å². The molecule has 1 aliphatic heterocycles. The molecule has 2 fully saturated rings. The number of rotatable bonds is 5. The lowest BCUT2D eigenvalue weighted by Gasteiger charge is -2.25. The van der Waals surface area contributed by atoms with E-state index in [1.54, 1.807) is 24.3 Å². The predicted molar refractivity (Wildman–Crippen MR) is 115 cm³/mol. The van der Waals surface area contributed by atoms with Gasteiger partial charge in [0, 0.05) is 5.56 Å². The molecule has 2 aromatic rings. The van der Waals surface area contributed by atoms with E-state index >= 15 is 0 Å². The summed E-state index contributed by atoms with van der Waals surface area (Å²) in [7, 11) is 0. The second kappa shape index (κ2) is 8.05. The smallest absolute Gasteiger partial charge is 0.237 e. The number of fused-ring (bicyclic) bond motifs is 1. The van der Waals surface area contributed by atoms with Crippen LogP contribution in [0, 0.1) is 31.6 Å². The van der Waals surface area contributed by atoms with E-state index in [4.69, 9.17) is 4.74 Å². The Morgan fingerprint density at radius 3 is 2.37 bits per heavy atom. The second-order valence-electron chi connectivity index (χ2n) is 8.65. The number of ether oxygens (including phenoxy) is 1. The number of hydrogen-bond donors (Lipinski definition) is 0. The Bertz CT molecular complexity index is 995. The zero-order valence-corrected chi connectivity index (χ0v) is 17.7. The molecule has 0 aromatic heterocycles. The summed E-state index contributed by atoms with van der Waals surface area (Å²) >= 11 is 0. The summed E-state index contributed by atoms with van der Waals surface area (Å²) in [5.41, 5.74) is 3.41. The van der Waals surface area contributed by atoms with Crippen molar-refractivity contribution in [2.75, 3.05) is 11.5 Å². The highest BCUT2D eigenvalue weighted by molar-refractivity contribution is 6.22. The summed E-state index contributed by atoms with van der Waals surface area (Å²) in [6, 6.07) is 12.4. The molecular formula is C25H27NO4. The number of hydrogen-bond acceptors (Lipinski definition) is 4. The van der Waals surface area contributed by atoms with Crippen LogP contribution >= 0.6 is 0 Å². The van der Waals surface area contributed by atoms with Gasteiger partial charge < -0.3 is 4.74 Å². The van der Waals surface area contributed by atoms with Gasteiger partial charge in [-0.25, -0.2) is 0 Å². The van der Waals surface area contributed by atoms with E-state index < -0.39 is 0 Å². The minimum Gasteiger partial charge on any atom is -0.485 e. The highest BCUT2D eigenvalue weighted by Gasteiger charge is 2.49. The van der Waals surface area contributed by atoms with Crippen LogP contribution in [-0.4, -0.2) is 24.2 Å². The maximum atomic E-state index is 12.8. The zero-order valence-electron chi connectivity index (χ0n) is 17.7. The lowest BCUT2D eigenvalue weighted by Crippen LogP contribution is -2.30. The van der Waals surface area contributed by atoms with Gasteiger partial charge in [-0.15, -0.1) is 0 Å². The molecule has 2 aliphatic rings. The van der Waals surface area contributed by atoms with Crippen molar-refractivity contribution in [1.82, 2.24) is 0 Å². The molecule has 3 atom stereocenters. The summed E-state index contributed by atoms with van der Waals surface area (Å²) in [5, 5.41) is 0. The minimum atomic E-state index is -0.187. The summed E-state index contributed by atoms with van der Waals surface area (Å²) in [4.78, 5) is 39.4. The van der Waals surface area contributed by atoms with Crippen molar-refractivity contribution < 1.29 is 19.1 Å². The van der Waals surface area contributed by atoms with Gasteiger partial charge in [-0.05, 0) is 80.5 Å². The average molecular weight is 405 g/mol. The highest BCUT2D eigenvalue weighted by Crippen LogP contribution is 2.42. The van der Waals surface area contributed by atoms with Crippen LogP contribution in [0.1, 0.15) is 47.7 Å². The van der Waals surface area contributed by atoms with Crippen LogP contribution in [0.15, 0.2) is 42.5 Å². The molecule has 1 saturated heterocycles. The van der Waals surface area contributed by atoms with Crippen LogP contribution in [0.5, 0.6) is 5.75 Å². The van der Waals surface area contributed by atoms with E-state index in [2.05, 4.69) is 6.92 Å². The molecule has 5 nitrogen and oxygen atoms in total. The Morgan fingerprint density at radius 1 is 0.967 bits per heavy atom. The third-order valence-corrected chi connectivity index (χ3v) is 6.48. The van der Waals surface area contributed by atoms with Crippen LogP contribution in [0.2, 0.25) is 0 Å². The van der Waals surface area contributed by atoms with Crippen molar-refractivity contribution in [2.24, 2.45) is 17.8 Å². The van der Waals surface area contributed by atoms with Gasteiger partial charge in [0.2, 0.25) is 11.8 Å². The molecule has 2 aromatic carbocycles. The highest BCUT2D eigenvalue weighted by atomic mass is 16.5. The number of carbonyl (C=O) groups excluding carboxylic acids is 3. The number of ketones is 1. The van der Waals surface area contributed by atoms with Crippen molar-refractivity contribution >= 4 is 23.3 Å². The molecule has 0 unspecified atom stereocenters. The second-order valence-corrected chi connectivity index (χ2v) is 8.65. The molecule has 0 radical (unpaired) electrons. The summed E-state index contributed by atoms with van der Waals surface area (Å²) < 4.78 is 5.63. The normalized spacial score (nSPS) is 23.4. The van der Waals surface area contributed by atoms with Gasteiger partial charge in [-0.2, -0.15) is 0 Å². The fourth-order valence-corrected chi connectivity index (χ4v) is 4.48. The standard InChI is InChI=1S/C25H27NO4/c1-15-4-11-21-22(12-15)25(29)26(24(21)28)19-7-9-20(10-8-19)30-14-23(27)18-6-5-16(2)17(3)13-18/h5-10,13,15,21-22H,4,11-12,14H2,1-3H3/t15-,21+,22+/m0/s1. The molecule has 156 valence electrons. The number of nitrogens with zero attached hydrogens (tertiary/aromatic N) is 1. The van der Waals surface area contributed by atoms with Crippen LogP contribution in [-0.2, 0) is 9.59 Å². The first kappa shape index (κ1) is 20.3. The van der Waals surface area contributed by atoms with Gasteiger partial charge in [-0.3, -0.25) is 19.3 Å². The van der Waals surface area contributed by atoms with E-state index in [1.165, 1.54) is 4.90 Å². The predicted octanol–water partition coefficient (Wildman–Crippen LogP) is 4.49. The number of benzene rings is 2. The van der Waals surface area contributed by atoms with Gasteiger partial charge in [0.05, 0.1) is 17.5 Å². The van der Waals surface area contributed by atoms with Crippen molar-refractivity contribution in [3.8, 4) is 5.75 Å². The van der Waals surface area contributed by atoms with E-state index in [0.717, 1.165) is 30.4 Å². The number of Topliss-reactive ketones (excluding diaryl/α,β-unsaturated/α-hetero) is 1. The molecule has 0 bridgehead atoms. The number of anilines is 1. The van der Waals surface area contributed by atoms with Crippen LogP contribution in [0.4, 0.5) is 5.69 Å². The summed E-state index contributed by atoms with van der Waals surface area (Å²) in [6.07, 6.45) is 2.57. The van der Waals surface area contributed by atoms with Gasteiger partial charge in [0.25, 0.3) is 0 Å². The summed E-state index contributed by atoms with van der Waals surface area (Å²) in [5.74, 6) is 0.374. The maximum absolute atomic E-state index is 12.8. The first-order valence-corrected chi connectivity index (χ1v) is 10.6. The number of imide groups is 1. The topological polar surface area (TPSA) is 63.7 Å². The molecule has 0 N–H and O–H groups in total. The van der Waals surface area contributed by atoms with Crippen LogP contribution in [0.25, 0.3) is 0 Å². The van der Waals surface area contributed by atoms with Crippen molar-refractivity contribution in [3.63, 3.8) is 0 Å². The van der Waals surface area contributed by atoms with Gasteiger partial charge in [-0.1, -0.05) is 19.1 Å². The molecule has 1 saturated carbocycles. The Morgan fingerprint density at radius 2 is 1.67 bits per heavy atom. The number of aryl methyl sites for hydroxylation is 2. The third-order valence-electron chi connectivity index (χ3n) is 6.48. The molecule has 0 spiro atoms. The van der Waals surface area contributed by atoms with E-state index in [-0.39, 0.29) is 36.0 Å². The Kier molecular flexibility index (Phi) is 5.46. The molecule has 2 amide bonds. The Balaban J connectivity index is 1.42. The minimum absolute atomic E-state index is 0.0640. The van der Waals surface area contributed by atoms with Crippen molar-refractivity contribution in [2.45, 2.75) is 40.0 Å². The third kappa shape index (κ3) is 3.76. The van der Waals surface area contributed by atoms with Crippen LogP contribution in [0.3, 0.4) is 0 Å². The lowest BCUT2D eigenvalue weighted by atomic mass is 9.76. The molecule has 1 aliphatic carbocycles. The van der Waals surface area contributed by atoms with Crippen molar-refractivity contribution in [3.05, 3.63) is 59.2 Å². The number of amides is 2. The van der Waals surface area contributed by atoms with E-state index in [0.29, 0.717) is 22.9 Å². The maximum Gasteiger partial charge on any atom is 0.237 e. The Labute approximate surface area is 177 Å². The van der Waals surface area contributed by atoms with Gasteiger partial charge in [0.1, 0.15) is 5.75 Å². The molecule has 4 rings (SSSR count). The number of carbonyl (C=O) groups is 3. The van der Waals surface area contributed by atoms with Gasteiger partial charge >= 0.3 is 0 Å². The Hall–Kier alpha value is -2.95. The van der Waals surface area contributed by atoms with Gasteiger partial charge in [0.15, 0.2) is 12.4 Å². The fourth-order valence-electron chi connectivity index (χ4n) is 4.48. The quantitative estimate of drug-likeness (QED) is 0.543. The lowest BCUT2D eigenvalue weighted by molar-refractivity contribution is -0.122. The monoisotopic (exact) mass is 405 g/mol. The molecule has 30 heavy (non-hydrogen) atoms. The van der Waals surface area contributed by atoms with Crippen molar-refractivity contribution in [1.29, 1.82) is 0 Å². The molecule has 1 heterocycles. The summed E-state index contributed by atoms with van der Waals surface area (Å²) in [6.45, 7) is 6.06. The largest absolute Gasteiger partial charge is 0.485 e. The molecular weight excluding hydrogens is 378 g/mol. The van der Waals surface area contributed by atoms with Crippen LogP contribution < -0.4 is 9.64 Å². The molecule has 5 heteroatoms. The zero-order chi connectivity index (χ0) is 21.4. The SMILES string of the molecule is Cc1ccc(C(=O)COc2ccc(N3C(=O)[C@@H]4CC[C@H](C)C[C@H]4C3=O)cc2)cc1C.